The van der Waals surface area contributed by atoms with Crippen molar-refractivity contribution in [1.29, 1.82) is 0 Å². The molecule has 1 aliphatic rings. The Morgan fingerprint density at radius 3 is 2.22 bits per heavy atom. The van der Waals surface area contributed by atoms with Gasteiger partial charge in [0.2, 0.25) is 0 Å². The summed E-state index contributed by atoms with van der Waals surface area (Å²) in [5, 5.41) is 0. The monoisotopic (exact) mass is 247 g/mol. The molecule has 1 heterocycles. The van der Waals surface area contributed by atoms with E-state index in [1.807, 2.05) is 0 Å². The molecule has 0 radical (unpaired) electrons. The van der Waals surface area contributed by atoms with Gasteiger partial charge < -0.3 is 16.4 Å². The maximum atomic E-state index is 5.88. The van der Waals surface area contributed by atoms with E-state index >= 15 is 0 Å². The summed E-state index contributed by atoms with van der Waals surface area (Å²) in [7, 11) is 0. The number of piperidine rings is 1. The van der Waals surface area contributed by atoms with Crippen molar-refractivity contribution in [1.82, 2.24) is 0 Å². The first kappa shape index (κ1) is 13.4. The van der Waals surface area contributed by atoms with Gasteiger partial charge in [-0.3, -0.25) is 0 Å². The number of rotatable bonds is 3. The first-order chi connectivity index (χ1) is 8.60. The minimum Gasteiger partial charge on any atom is -0.371 e. The normalized spacial score (nSPS) is 19.0. The van der Waals surface area contributed by atoms with Crippen LogP contribution >= 0.6 is 0 Å². The van der Waals surface area contributed by atoms with Crippen LogP contribution < -0.4 is 16.4 Å². The van der Waals surface area contributed by atoms with Crippen molar-refractivity contribution in [3.05, 3.63) is 29.3 Å². The molecule has 0 unspecified atom stereocenters. The molecule has 1 aromatic carbocycles. The topological polar surface area (TPSA) is 55.3 Å². The first-order valence-corrected chi connectivity index (χ1v) is 6.82. The fourth-order valence-corrected chi connectivity index (χ4v) is 2.87. The van der Waals surface area contributed by atoms with E-state index in [2.05, 4.69) is 36.9 Å². The lowest BCUT2D eigenvalue weighted by atomic mass is 9.78. The first-order valence-electron chi connectivity index (χ1n) is 6.82. The van der Waals surface area contributed by atoms with Crippen LogP contribution in [0.2, 0.25) is 0 Å². The number of anilines is 1. The second kappa shape index (κ2) is 5.29. The largest absolute Gasteiger partial charge is 0.371 e. The second-order valence-corrected chi connectivity index (χ2v) is 5.69. The van der Waals surface area contributed by atoms with Crippen LogP contribution in [0.4, 0.5) is 5.69 Å². The summed E-state index contributed by atoms with van der Waals surface area (Å²) < 4.78 is 0. The molecule has 100 valence electrons. The predicted molar refractivity (Wildman–Crippen MR) is 77.9 cm³/mol. The molecule has 3 nitrogen and oxygen atoms in total. The van der Waals surface area contributed by atoms with Crippen LogP contribution in [0.1, 0.15) is 24.0 Å². The Hall–Kier alpha value is -1.06. The second-order valence-electron chi connectivity index (χ2n) is 5.69. The van der Waals surface area contributed by atoms with Gasteiger partial charge in [-0.05, 0) is 56.8 Å². The van der Waals surface area contributed by atoms with E-state index < -0.39 is 0 Å². The third-order valence-corrected chi connectivity index (χ3v) is 4.38. The molecule has 0 atom stereocenters. The molecule has 2 rings (SSSR count). The van der Waals surface area contributed by atoms with Crippen molar-refractivity contribution < 1.29 is 0 Å². The fourth-order valence-electron chi connectivity index (χ4n) is 2.87. The Morgan fingerprint density at radius 2 is 1.72 bits per heavy atom. The van der Waals surface area contributed by atoms with Crippen molar-refractivity contribution in [3.8, 4) is 0 Å². The molecule has 3 heteroatoms. The zero-order valence-electron chi connectivity index (χ0n) is 11.6. The minimum absolute atomic E-state index is 0.176. The Kier molecular flexibility index (Phi) is 3.93. The molecular formula is C15H25N3. The molecule has 0 amide bonds. The van der Waals surface area contributed by atoms with Crippen LogP contribution in [0.25, 0.3) is 0 Å². The van der Waals surface area contributed by atoms with Gasteiger partial charge >= 0.3 is 0 Å². The highest BCUT2D eigenvalue weighted by molar-refractivity contribution is 5.54. The molecule has 0 spiro atoms. The van der Waals surface area contributed by atoms with E-state index in [9.17, 15) is 0 Å². The summed E-state index contributed by atoms with van der Waals surface area (Å²) in [5.41, 5.74) is 16.0. The SMILES string of the molecule is Cc1ccc(N2CCC(CN)(CN)CC2)c(C)c1. The molecular weight excluding hydrogens is 222 g/mol. The summed E-state index contributed by atoms with van der Waals surface area (Å²) in [6, 6.07) is 6.68. The van der Waals surface area contributed by atoms with E-state index in [-0.39, 0.29) is 5.41 Å². The average Bonchev–Trinajstić information content (AvgIpc) is 2.39. The van der Waals surface area contributed by atoms with Crippen molar-refractivity contribution in [3.63, 3.8) is 0 Å². The highest BCUT2D eigenvalue weighted by Gasteiger charge is 2.32. The van der Waals surface area contributed by atoms with E-state index in [0.29, 0.717) is 13.1 Å². The lowest BCUT2D eigenvalue weighted by Gasteiger charge is -2.42. The highest BCUT2D eigenvalue weighted by Crippen LogP contribution is 2.32. The Morgan fingerprint density at radius 1 is 1.11 bits per heavy atom. The quantitative estimate of drug-likeness (QED) is 0.856. The van der Waals surface area contributed by atoms with Gasteiger partial charge in [-0.25, -0.2) is 0 Å². The molecule has 1 saturated heterocycles. The third kappa shape index (κ3) is 2.52. The van der Waals surface area contributed by atoms with Gasteiger partial charge in [-0.15, -0.1) is 0 Å². The zero-order valence-corrected chi connectivity index (χ0v) is 11.6. The van der Waals surface area contributed by atoms with Gasteiger partial charge in [0, 0.05) is 18.8 Å². The summed E-state index contributed by atoms with van der Waals surface area (Å²) in [5.74, 6) is 0. The van der Waals surface area contributed by atoms with Gasteiger partial charge in [-0.2, -0.15) is 0 Å². The predicted octanol–water partition coefficient (Wildman–Crippen LogP) is 1.81. The standard InChI is InChI=1S/C15H25N3/c1-12-3-4-14(13(2)9-12)18-7-5-15(10-16,11-17)6-8-18/h3-4,9H,5-8,10-11,16-17H2,1-2H3. The average molecular weight is 247 g/mol. The van der Waals surface area contributed by atoms with Gasteiger partial charge in [0.25, 0.3) is 0 Å². The maximum absolute atomic E-state index is 5.88. The van der Waals surface area contributed by atoms with Crippen molar-refractivity contribution in [2.75, 3.05) is 31.1 Å². The van der Waals surface area contributed by atoms with Crippen molar-refractivity contribution in [2.45, 2.75) is 26.7 Å². The molecule has 1 aromatic rings. The molecule has 1 fully saturated rings. The highest BCUT2D eigenvalue weighted by atomic mass is 15.1. The summed E-state index contributed by atoms with van der Waals surface area (Å²) in [6.07, 6.45) is 2.21. The van der Waals surface area contributed by atoms with Gasteiger partial charge in [0.15, 0.2) is 0 Å². The lowest BCUT2D eigenvalue weighted by Crippen LogP contribution is -2.48. The van der Waals surface area contributed by atoms with Crippen LogP contribution in [-0.4, -0.2) is 26.2 Å². The van der Waals surface area contributed by atoms with Crippen LogP contribution in [0.5, 0.6) is 0 Å². The summed E-state index contributed by atoms with van der Waals surface area (Å²) in [6.45, 7) is 7.89. The molecule has 0 saturated carbocycles. The van der Waals surface area contributed by atoms with Gasteiger partial charge in [-0.1, -0.05) is 17.7 Å². The molecule has 0 aromatic heterocycles. The Labute approximate surface area is 110 Å². The van der Waals surface area contributed by atoms with E-state index in [0.717, 1.165) is 25.9 Å². The zero-order chi connectivity index (χ0) is 13.2. The molecule has 0 aliphatic carbocycles. The number of hydrogen-bond acceptors (Lipinski definition) is 3. The maximum Gasteiger partial charge on any atom is 0.0396 e. The minimum atomic E-state index is 0.176. The number of hydrogen-bond donors (Lipinski definition) is 2. The van der Waals surface area contributed by atoms with E-state index in [1.54, 1.807) is 0 Å². The fraction of sp³-hybridized carbons (Fsp3) is 0.600. The number of nitrogens with two attached hydrogens (primary N) is 2. The number of benzene rings is 1. The van der Waals surface area contributed by atoms with E-state index in [1.165, 1.54) is 16.8 Å². The molecule has 1 aliphatic heterocycles. The lowest BCUT2D eigenvalue weighted by molar-refractivity contribution is 0.238. The number of aryl methyl sites for hydroxylation is 2. The van der Waals surface area contributed by atoms with Gasteiger partial charge in [0.1, 0.15) is 0 Å². The summed E-state index contributed by atoms with van der Waals surface area (Å²) >= 11 is 0. The van der Waals surface area contributed by atoms with Crippen LogP contribution in [0.3, 0.4) is 0 Å². The van der Waals surface area contributed by atoms with E-state index in [4.69, 9.17) is 11.5 Å². The Balaban J connectivity index is 2.10. The van der Waals surface area contributed by atoms with Gasteiger partial charge in [0.05, 0.1) is 0 Å². The summed E-state index contributed by atoms with van der Waals surface area (Å²) in [4.78, 5) is 2.47. The number of nitrogens with zero attached hydrogens (tertiary/aromatic N) is 1. The smallest absolute Gasteiger partial charge is 0.0396 e. The molecule has 4 N–H and O–H groups in total. The van der Waals surface area contributed by atoms with Crippen LogP contribution in [0, 0.1) is 19.3 Å². The Bertz CT molecular complexity index is 400. The molecule has 18 heavy (non-hydrogen) atoms. The molecule has 0 bridgehead atoms. The van der Waals surface area contributed by atoms with Crippen molar-refractivity contribution >= 4 is 5.69 Å². The van der Waals surface area contributed by atoms with Crippen LogP contribution in [-0.2, 0) is 0 Å². The van der Waals surface area contributed by atoms with Crippen molar-refractivity contribution in [2.24, 2.45) is 16.9 Å². The third-order valence-electron chi connectivity index (χ3n) is 4.38. The van der Waals surface area contributed by atoms with Crippen LogP contribution in [0.15, 0.2) is 18.2 Å².